The van der Waals surface area contributed by atoms with Gasteiger partial charge >= 0.3 is 0 Å². The smallest absolute Gasteiger partial charge is 0.192 e. The van der Waals surface area contributed by atoms with Gasteiger partial charge in [-0.15, -0.1) is 0 Å². The summed E-state index contributed by atoms with van der Waals surface area (Å²) in [5, 5.41) is 0.205. The summed E-state index contributed by atoms with van der Waals surface area (Å²) < 4.78 is 5.79. The Morgan fingerprint density at radius 2 is 1.85 bits per heavy atom. The van der Waals surface area contributed by atoms with Crippen LogP contribution in [0.1, 0.15) is 27.7 Å². The minimum Gasteiger partial charge on any atom is -0.412 e. The summed E-state index contributed by atoms with van der Waals surface area (Å²) in [6, 6.07) is 0. The minimum absolute atomic E-state index is 0.205. The maximum absolute atomic E-state index is 10.2. The lowest BCUT2D eigenvalue weighted by Gasteiger charge is -2.36. The molecule has 0 bridgehead atoms. The van der Waals surface area contributed by atoms with Gasteiger partial charge in [0.15, 0.2) is 8.32 Å². The van der Waals surface area contributed by atoms with Crippen LogP contribution >= 0.6 is 0 Å². The molecule has 0 aromatic carbocycles. The first-order valence-corrected chi connectivity index (χ1v) is 7.46. The molecule has 0 aliphatic rings. The van der Waals surface area contributed by atoms with Crippen LogP contribution in [0.4, 0.5) is 0 Å². The molecule has 0 saturated heterocycles. The van der Waals surface area contributed by atoms with Gasteiger partial charge in [-0.3, -0.25) is 0 Å². The van der Waals surface area contributed by atoms with Gasteiger partial charge in [0.1, 0.15) is 5.94 Å². The Morgan fingerprint density at radius 1 is 1.38 bits per heavy atom. The van der Waals surface area contributed by atoms with Crippen molar-refractivity contribution in [1.82, 2.24) is 0 Å². The molecule has 0 amide bonds. The summed E-state index contributed by atoms with van der Waals surface area (Å²) in [4.78, 5) is 10.2. The number of hydrogen-bond acceptors (Lipinski definition) is 2. The zero-order valence-electron chi connectivity index (χ0n) is 9.52. The maximum atomic E-state index is 10.2. The average Bonchev–Trinajstić information content (AvgIpc) is 1.98. The molecule has 0 N–H and O–H groups in total. The van der Waals surface area contributed by atoms with Crippen molar-refractivity contribution in [3.63, 3.8) is 0 Å². The predicted octanol–water partition coefficient (Wildman–Crippen LogP) is 2.79. The van der Waals surface area contributed by atoms with E-state index in [1.807, 2.05) is 5.94 Å². The van der Waals surface area contributed by atoms with Gasteiger partial charge in [0.25, 0.3) is 0 Å². The fourth-order valence-electron chi connectivity index (χ4n) is 0.535. The van der Waals surface area contributed by atoms with Crippen molar-refractivity contribution in [2.45, 2.75) is 45.8 Å². The van der Waals surface area contributed by atoms with Gasteiger partial charge in [-0.2, -0.15) is 0 Å². The Kier molecular flexibility index (Phi) is 4.10. The van der Waals surface area contributed by atoms with Crippen molar-refractivity contribution in [1.29, 1.82) is 0 Å². The SMILES string of the molecule is CC(=C=O)CO[Si](C)(C)C(C)(C)C. The summed E-state index contributed by atoms with van der Waals surface area (Å²) >= 11 is 0. The van der Waals surface area contributed by atoms with Gasteiger partial charge in [-0.1, -0.05) is 20.8 Å². The molecule has 0 heterocycles. The van der Waals surface area contributed by atoms with Crippen molar-refractivity contribution >= 4 is 14.3 Å². The van der Waals surface area contributed by atoms with Crippen LogP contribution in [0.2, 0.25) is 18.1 Å². The molecule has 0 aromatic rings. The lowest BCUT2D eigenvalue weighted by molar-refractivity contribution is 0.319. The van der Waals surface area contributed by atoms with E-state index < -0.39 is 8.32 Å². The van der Waals surface area contributed by atoms with Crippen LogP contribution in [-0.4, -0.2) is 20.9 Å². The Bertz CT molecular complexity index is 220. The summed E-state index contributed by atoms with van der Waals surface area (Å²) in [6.07, 6.45) is 0. The van der Waals surface area contributed by atoms with E-state index in [0.717, 1.165) is 0 Å². The molecule has 2 nitrogen and oxygen atoms in total. The standard InChI is InChI=1S/C10H20O2Si/c1-9(7-11)8-12-13(5,6)10(2,3)4/h8H2,1-6H3. The zero-order chi connectivity index (χ0) is 10.7. The molecule has 0 rings (SSSR count). The molecule has 0 saturated carbocycles. The van der Waals surface area contributed by atoms with Gasteiger partial charge in [0.05, 0.1) is 6.61 Å². The number of rotatable bonds is 3. The van der Waals surface area contributed by atoms with E-state index >= 15 is 0 Å². The first kappa shape index (κ1) is 12.6. The first-order chi connectivity index (χ1) is 5.70. The molecule has 0 spiro atoms. The Labute approximate surface area is 82.1 Å². The van der Waals surface area contributed by atoms with E-state index in [-0.39, 0.29) is 5.04 Å². The third-order valence-electron chi connectivity index (χ3n) is 2.63. The Balaban J connectivity index is 4.28. The highest BCUT2D eigenvalue weighted by atomic mass is 28.4. The molecule has 3 heteroatoms. The highest BCUT2D eigenvalue weighted by Crippen LogP contribution is 2.36. The lowest BCUT2D eigenvalue weighted by Crippen LogP contribution is -2.41. The van der Waals surface area contributed by atoms with Crippen LogP contribution in [0.15, 0.2) is 5.57 Å². The van der Waals surface area contributed by atoms with Gasteiger partial charge in [0, 0.05) is 5.57 Å². The van der Waals surface area contributed by atoms with Crippen molar-refractivity contribution in [3.05, 3.63) is 5.57 Å². The molecular weight excluding hydrogens is 180 g/mol. The van der Waals surface area contributed by atoms with Crippen LogP contribution < -0.4 is 0 Å². The van der Waals surface area contributed by atoms with E-state index in [1.165, 1.54) is 0 Å². The Morgan fingerprint density at radius 3 is 2.15 bits per heavy atom. The molecule has 76 valence electrons. The van der Waals surface area contributed by atoms with E-state index in [4.69, 9.17) is 4.43 Å². The molecule has 0 aliphatic heterocycles. The third-order valence-corrected chi connectivity index (χ3v) is 7.11. The second kappa shape index (κ2) is 4.23. The molecule has 0 atom stereocenters. The highest BCUT2D eigenvalue weighted by Gasteiger charge is 2.36. The summed E-state index contributed by atoms with van der Waals surface area (Å²) in [7, 11) is -1.68. The number of carbonyl (C=O) groups excluding carboxylic acids is 1. The lowest BCUT2D eigenvalue weighted by atomic mass is 10.2. The number of hydrogen-bond donors (Lipinski definition) is 0. The molecule has 0 fully saturated rings. The van der Waals surface area contributed by atoms with Gasteiger partial charge < -0.3 is 4.43 Å². The van der Waals surface area contributed by atoms with Gasteiger partial charge in [-0.25, -0.2) is 4.79 Å². The normalized spacial score (nSPS) is 12.5. The second-order valence-corrected chi connectivity index (χ2v) is 9.74. The molecular formula is C10H20O2Si. The van der Waals surface area contributed by atoms with Crippen molar-refractivity contribution in [2.75, 3.05) is 6.61 Å². The fraction of sp³-hybridized carbons (Fsp3) is 0.800. The average molecular weight is 200 g/mol. The summed E-state index contributed by atoms with van der Waals surface area (Å²) in [5.74, 6) is 1.85. The van der Waals surface area contributed by atoms with Crippen molar-refractivity contribution in [3.8, 4) is 0 Å². The summed E-state index contributed by atoms with van der Waals surface area (Å²) in [5.41, 5.74) is 0.643. The molecule has 13 heavy (non-hydrogen) atoms. The third kappa shape index (κ3) is 3.90. The van der Waals surface area contributed by atoms with Crippen LogP contribution in [-0.2, 0) is 9.22 Å². The van der Waals surface area contributed by atoms with Gasteiger partial charge in [0.2, 0.25) is 0 Å². The maximum Gasteiger partial charge on any atom is 0.192 e. The molecule has 0 unspecified atom stereocenters. The van der Waals surface area contributed by atoms with Crippen LogP contribution in [0.3, 0.4) is 0 Å². The van der Waals surface area contributed by atoms with Crippen molar-refractivity contribution in [2.24, 2.45) is 0 Å². The molecule has 0 aliphatic carbocycles. The van der Waals surface area contributed by atoms with Crippen LogP contribution in [0, 0.1) is 0 Å². The fourth-order valence-corrected chi connectivity index (χ4v) is 1.55. The van der Waals surface area contributed by atoms with Crippen molar-refractivity contribution < 1.29 is 9.22 Å². The monoisotopic (exact) mass is 200 g/mol. The quantitative estimate of drug-likeness (QED) is 0.517. The van der Waals surface area contributed by atoms with Crippen LogP contribution in [0.25, 0.3) is 0 Å². The van der Waals surface area contributed by atoms with E-state index in [1.54, 1.807) is 6.92 Å². The summed E-state index contributed by atoms with van der Waals surface area (Å²) in [6.45, 7) is 13.1. The minimum atomic E-state index is -1.68. The first-order valence-electron chi connectivity index (χ1n) is 4.55. The van der Waals surface area contributed by atoms with E-state index in [0.29, 0.717) is 12.2 Å². The topological polar surface area (TPSA) is 26.3 Å². The zero-order valence-corrected chi connectivity index (χ0v) is 10.5. The Hall–Kier alpha value is -0.373. The highest BCUT2D eigenvalue weighted by molar-refractivity contribution is 6.74. The molecule has 0 radical (unpaired) electrons. The predicted molar refractivity (Wildman–Crippen MR) is 58.0 cm³/mol. The second-order valence-electron chi connectivity index (χ2n) is 4.93. The largest absolute Gasteiger partial charge is 0.412 e. The molecule has 0 aromatic heterocycles. The van der Waals surface area contributed by atoms with Crippen LogP contribution in [0.5, 0.6) is 0 Å². The van der Waals surface area contributed by atoms with Gasteiger partial charge in [-0.05, 0) is 25.1 Å². The van der Waals surface area contributed by atoms with E-state index in [9.17, 15) is 4.79 Å². The van der Waals surface area contributed by atoms with E-state index in [2.05, 4.69) is 33.9 Å².